The lowest BCUT2D eigenvalue weighted by Crippen LogP contribution is -2.12. The molecule has 0 saturated carbocycles. The maximum atomic E-state index is 12.4. The zero-order valence-electron chi connectivity index (χ0n) is 15.0. The van der Waals surface area contributed by atoms with Crippen molar-refractivity contribution < 1.29 is 13.9 Å². The Balaban J connectivity index is 1.58. The second-order valence-corrected chi connectivity index (χ2v) is 6.28. The molecule has 0 aliphatic heterocycles. The fourth-order valence-corrected chi connectivity index (χ4v) is 2.90. The third kappa shape index (κ3) is 3.53. The van der Waals surface area contributed by atoms with Crippen molar-refractivity contribution in [3.63, 3.8) is 0 Å². The molecule has 1 amide bonds. The number of aromatic nitrogens is 1. The lowest BCUT2D eigenvalue weighted by atomic mass is 10.1. The number of ether oxygens (including phenoxy) is 1. The number of hydrogen-bond acceptors (Lipinski definition) is 4. The smallest absolute Gasteiger partial charge is 0.257 e. The molecule has 5 nitrogen and oxygen atoms in total. The van der Waals surface area contributed by atoms with Crippen molar-refractivity contribution >= 4 is 22.6 Å². The number of nitrogens with zero attached hydrogens (tertiary/aromatic N) is 1. The summed E-state index contributed by atoms with van der Waals surface area (Å²) in [7, 11) is 1.53. The Bertz CT molecular complexity index is 1110. The highest BCUT2D eigenvalue weighted by molar-refractivity contribution is 6.05. The van der Waals surface area contributed by atoms with Crippen LogP contribution in [-0.4, -0.2) is 18.0 Å². The molecule has 0 aliphatic rings. The second kappa shape index (κ2) is 6.96. The number of aryl methyl sites for hydroxylation is 1. The molecule has 0 radical (unpaired) electrons. The highest BCUT2D eigenvalue weighted by atomic mass is 16.5. The first-order valence-electron chi connectivity index (χ1n) is 8.54. The number of pyridine rings is 1. The van der Waals surface area contributed by atoms with Gasteiger partial charge in [0.1, 0.15) is 11.3 Å². The molecule has 27 heavy (non-hydrogen) atoms. The molecule has 4 rings (SSSR count). The molecule has 4 aromatic rings. The number of rotatable bonds is 4. The van der Waals surface area contributed by atoms with Crippen LogP contribution < -0.4 is 10.1 Å². The van der Waals surface area contributed by atoms with Gasteiger partial charge >= 0.3 is 0 Å². The van der Waals surface area contributed by atoms with Crippen LogP contribution in [0.5, 0.6) is 5.88 Å². The van der Waals surface area contributed by atoms with Crippen LogP contribution in [0.15, 0.2) is 71.3 Å². The molecule has 5 heteroatoms. The molecule has 2 aromatic carbocycles. The van der Waals surface area contributed by atoms with E-state index in [2.05, 4.69) is 16.4 Å². The summed E-state index contributed by atoms with van der Waals surface area (Å²) in [5.41, 5.74) is 4.13. The summed E-state index contributed by atoms with van der Waals surface area (Å²) >= 11 is 0. The first-order chi connectivity index (χ1) is 13.1. The number of benzene rings is 2. The zero-order chi connectivity index (χ0) is 18.8. The van der Waals surface area contributed by atoms with E-state index in [9.17, 15) is 4.79 Å². The molecule has 134 valence electrons. The van der Waals surface area contributed by atoms with Crippen molar-refractivity contribution in [1.82, 2.24) is 4.98 Å². The van der Waals surface area contributed by atoms with Crippen LogP contribution in [0.1, 0.15) is 15.9 Å². The Labute approximate surface area is 156 Å². The predicted molar refractivity (Wildman–Crippen MR) is 105 cm³/mol. The van der Waals surface area contributed by atoms with Gasteiger partial charge in [-0.25, -0.2) is 4.98 Å². The summed E-state index contributed by atoms with van der Waals surface area (Å²) < 4.78 is 11.0. The highest BCUT2D eigenvalue weighted by Gasteiger charge is 2.10. The molecule has 0 aliphatic carbocycles. The van der Waals surface area contributed by atoms with Gasteiger partial charge in [-0.2, -0.15) is 0 Å². The number of amides is 1. The highest BCUT2D eigenvalue weighted by Crippen LogP contribution is 2.30. The summed E-state index contributed by atoms with van der Waals surface area (Å²) in [5.74, 6) is 1.04. The van der Waals surface area contributed by atoms with Gasteiger partial charge in [0.2, 0.25) is 5.88 Å². The fraction of sp³-hybridized carbons (Fsp3) is 0.0909. The van der Waals surface area contributed by atoms with E-state index in [1.165, 1.54) is 18.9 Å². The summed E-state index contributed by atoms with van der Waals surface area (Å²) in [5, 5.41) is 3.81. The SMILES string of the molecule is COc1ccc(C(=O)Nc2ccc3oc(-c4cccc(C)c4)cc3c2)cn1. The monoisotopic (exact) mass is 358 g/mol. The minimum absolute atomic E-state index is 0.230. The van der Waals surface area contributed by atoms with Gasteiger partial charge in [0.15, 0.2) is 0 Å². The Morgan fingerprint density at radius 2 is 1.96 bits per heavy atom. The third-order valence-corrected chi connectivity index (χ3v) is 4.28. The lowest BCUT2D eigenvalue weighted by Gasteiger charge is -2.05. The van der Waals surface area contributed by atoms with E-state index >= 15 is 0 Å². The predicted octanol–water partition coefficient (Wildman–Crippen LogP) is 5.06. The van der Waals surface area contributed by atoms with Gasteiger partial charge in [-0.05, 0) is 43.3 Å². The summed E-state index contributed by atoms with van der Waals surface area (Å²) in [4.78, 5) is 16.5. The van der Waals surface area contributed by atoms with Gasteiger partial charge in [-0.1, -0.05) is 23.8 Å². The van der Waals surface area contributed by atoms with E-state index < -0.39 is 0 Å². The van der Waals surface area contributed by atoms with Gasteiger partial charge in [-0.3, -0.25) is 4.79 Å². The van der Waals surface area contributed by atoms with Crippen LogP contribution in [0, 0.1) is 6.92 Å². The molecule has 0 bridgehead atoms. The largest absolute Gasteiger partial charge is 0.481 e. The Morgan fingerprint density at radius 3 is 2.70 bits per heavy atom. The summed E-state index contributed by atoms with van der Waals surface area (Å²) in [6.45, 7) is 2.05. The number of carbonyl (C=O) groups excluding carboxylic acids is 1. The van der Waals surface area contributed by atoms with E-state index in [0.717, 1.165) is 22.3 Å². The van der Waals surface area contributed by atoms with Crippen molar-refractivity contribution in [3.05, 3.63) is 78.0 Å². The van der Waals surface area contributed by atoms with E-state index in [4.69, 9.17) is 9.15 Å². The van der Waals surface area contributed by atoms with E-state index in [-0.39, 0.29) is 5.91 Å². The Morgan fingerprint density at radius 1 is 1.07 bits per heavy atom. The molecule has 0 spiro atoms. The molecular weight excluding hydrogens is 340 g/mol. The topological polar surface area (TPSA) is 64.4 Å². The molecule has 0 saturated heterocycles. The first-order valence-corrected chi connectivity index (χ1v) is 8.54. The van der Waals surface area contributed by atoms with Crippen molar-refractivity contribution in [2.75, 3.05) is 12.4 Å². The number of fused-ring (bicyclic) bond motifs is 1. The zero-order valence-corrected chi connectivity index (χ0v) is 15.0. The Kier molecular flexibility index (Phi) is 4.34. The van der Waals surface area contributed by atoms with Crippen molar-refractivity contribution in [3.8, 4) is 17.2 Å². The minimum atomic E-state index is -0.230. The fourth-order valence-electron chi connectivity index (χ4n) is 2.90. The van der Waals surface area contributed by atoms with Crippen molar-refractivity contribution in [2.45, 2.75) is 6.92 Å². The van der Waals surface area contributed by atoms with Crippen LogP contribution >= 0.6 is 0 Å². The molecule has 2 aromatic heterocycles. The number of hydrogen-bond donors (Lipinski definition) is 1. The quantitative estimate of drug-likeness (QED) is 0.553. The standard InChI is InChI=1S/C22H18N2O3/c1-14-4-3-5-15(10-14)20-12-17-11-18(7-8-19(17)27-20)24-22(25)16-6-9-21(26-2)23-13-16/h3-13H,1-2H3,(H,24,25). The van der Waals surface area contributed by atoms with Crippen LogP contribution in [0.25, 0.3) is 22.3 Å². The van der Waals surface area contributed by atoms with Gasteiger partial charge < -0.3 is 14.5 Å². The molecule has 1 N–H and O–H groups in total. The average Bonchev–Trinajstić information content (AvgIpc) is 3.11. The number of furan rings is 1. The normalized spacial score (nSPS) is 10.7. The average molecular weight is 358 g/mol. The molecule has 0 fully saturated rings. The minimum Gasteiger partial charge on any atom is -0.481 e. The third-order valence-electron chi connectivity index (χ3n) is 4.28. The van der Waals surface area contributed by atoms with Gasteiger partial charge in [0.05, 0.1) is 12.7 Å². The second-order valence-electron chi connectivity index (χ2n) is 6.28. The van der Waals surface area contributed by atoms with E-state index in [1.54, 1.807) is 12.1 Å². The first kappa shape index (κ1) is 16.8. The summed E-state index contributed by atoms with van der Waals surface area (Å²) in [6.07, 6.45) is 1.49. The number of anilines is 1. The van der Waals surface area contributed by atoms with Crippen LogP contribution in [0.3, 0.4) is 0 Å². The number of nitrogens with one attached hydrogen (secondary N) is 1. The van der Waals surface area contributed by atoms with Crippen molar-refractivity contribution in [2.24, 2.45) is 0 Å². The molecule has 0 atom stereocenters. The Hall–Kier alpha value is -3.60. The number of methoxy groups -OCH3 is 1. The number of carbonyl (C=O) groups is 1. The molecular formula is C22H18N2O3. The lowest BCUT2D eigenvalue weighted by molar-refractivity contribution is 0.102. The maximum absolute atomic E-state index is 12.4. The van der Waals surface area contributed by atoms with E-state index in [1.807, 2.05) is 49.4 Å². The maximum Gasteiger partial charge on any atom is 0.257 e. The van der Waals surface area contributed by atoms with Crippen LogP contribution in [0.4, 0.5) is 5.69 Å². The van der Waals surface area contributed by atoms with Gasteiger partial charge in [0, 0.05) is 28.9 Å². The molecule has 2 heterocycles. The van der Waals surface area contributed by atoms with Gasteiger partial charge in [0.25, 0.3) is 5.91 Å². The van der Waals surface area contributed by atoms with Gasteiger partial charge in [-0.15, -0.1) is 0 Å². The van der Waals surface area contributed by atoms with Crippen LogP contribution in [-0.2, 0) is 0 Å². The van der Waals surface area contributed by atoms with Crippen molar-refractivity contribution in [1.29, 1.82) is 0 Å². The van der Waals surface area contributed by atoms with Crippen LogP contribution in [0.2, 0.25) is 0 Å². The van der Waals surface area contributed by atoms with E-state index in [0.29, 0.717) is 17.1 Å². The summed E-state index contributed by atoms with van der Waals surface area (Å²) in [6, 6.07) is 19.0. The molecule has 0 unspecified atom stereocenters.